The Labute approximate surface area is 310 Å². The van der Waals surface area contributed by atoms with Crippen LogP contribution in [0.5, 0.6) is 0 Å². The molecule has 7 rings (SSSR count). The topological polar surface area (TPSA) is 246 Å². The zero-order valence-electron chi connectivity index (χ0n) is 28.8. The number of nitrogens with two attached hydrogens (primary N) is 2. The highest BCUT2D eigenvalue weighted by atomic mass is 35.5. The molecule has 274 valence electrons. The third kappa shape index (κ3) is 6.03. The number of rotatable bonds is 11. The van der Waals surface area contributed by atoms with E-state index in [1.807, 2.05) is 6.07 Å². The van der Waals surface area contributed by atoms with Crippen molar-refractivity contribution in [1.82, 2.24) is 44.9 Å². The van der Waals surface area contributed by atoms with E-state index in [-0.39, 0.29) is 46.5 Å². The first-order valence-electron chi connectivity index (χ1n) is 16.1. The number of amides is 1. The Morgan fingerprint density at radius 1 is 0.796 bits per heavy atom. The van der Waals surface area contributed by atoms with Crippen molar-refractivity contribution in [2.75, 3.05) is 24.0 Å². The zero-order chi connectivity index (χ0) is 38.2. The van der Waals surface area contributed by atoms with Crippen LogP contribution in [0.1, 0.15) is 41.1 Å². The minimum Gasteiger partial charge on any atom is -0.467 e. The van der Waals surface area contributed by atoms with Crippen molar-refractivity contribution in [3.8, 4) is 0 Å². The summed E-state index contributed by atoms with van der Waals surface area (Å²) < 4.78 is 19.0. The third-order valence-electron chi connectivity index (χ3n) is 8.93. The van der Waals surface area contributed by atoms with Crippen molar-refractivity contribution in [3.05, 3.63) is 113 Å². The number of nitrogens with one attached hydrogen (secondary N) is 2. The molecule has 0 bridgehead atoms. The van der Waals surface area contributed by atoms with Gasteiger partial charge in [-0.1, -0.05) is 66.2 Å². The van der Waals surface area contributed by atoms with E-state index < -0.39 is 28.9 Å². The van der Waals surface area contributed by atoms with Crippen LogP contribution in [0.15, 0.2) is 89.8 Å². The number of halogens is 1. The molecule has 0 aliphatic heterocycles. The van der Waals surface area contributed by atoms with E-state index in [1.165, 1.54) is 41.2 Å². The second kappa shape index (κ2) is 13.8. The first-order chi connectivity index (χ1) is 25.9. The van der Waals surface area contributed by atoms with Gasteiger partial charge >= 0.3 is 17.8 Å². The molecular weight excluding hydrogens is 720 g/mol. The van der Waals surface area contributed by atoms with Crippen LogP contribution in [0.4, 0.5) is 17.7 Å². The number of methoxy groups -OCH3 is 1. The highest BCUT2D eigenvalue weighted by molar-refractivity contribution is 6.34. The van der Waals surface area contributed by atoms with E-state index in [4.69, 9.17) is 37.0 Å². The van der Waals surface area contributed by atoms with Gasteiger partial charge in [-0.25, -0.2) is 23.9 Å². The Bertz CT molecular complexity index is 2520. The lowest BCUT2D eigenvalue weighted by atomic mass is 9.91. The maximum absolute atomic E-state index is 14.1. The van der Waals surface area contributed by atoms with Crippen LogP contribution in [-0.4, -0.2) is 64.5 Å². The van der Waals surface area contributed by atoms with Gasteiger partial charge in [-0.15, -0.1) is 0 Å². The lowest BCUT2D eigenvalue weighted by Crippen LogP contribution is -2.42. The van der Waals surface area contributed by atoms with Crippen LogP contribution in [0.3, 0.4) is 0 Å². The minimum atomic E-state index is -1.57. The van der Waals surface area contributed by atoms with Crippen LogP contribution in [0, 0.1) is 0 Å². The first-order valence-corrected chi connectivity index (χ1v) is 16.5. The number of hydrogen-bond donors (Lipinski definition) is 4. The zero-order valence-corrected chi connectivity index (χ0v) is 29.6. The van der Waals surface area contributed by atoms with E-state index in [9.17, 15) is 14.4 Å². The summed E-state index contributed by atoms with van der Waals surface area (Å²) in [7, 11) is 1.25. The van der Waals surface area contributed by atoms with Crippen molar-refractivity contribution in [2.45, 2.75) is 31.5 Å². The van der Waals surface area contributed by atoms with Gasteiger partial charge in [-0.05, 0) is 42.7 Å². The SMILES string of the molecule is COC(=O)C(C)(c1ccc(COC(=O)C(C)(c2ccccc2)n2ncc3c(Cl)nc(N)nc32)cc1)n1ncc2c(NNC(=O)c3ccco3)nc(N)nc21. The van der Waals surface area contributed by atoms with E-state index in [1.54, 1.807) is 68.4 Å². The Morgan fingerprint density at radius 3 is 2.06 bits per heavy atom. The number of nitrogens with zero attached hydrogens (tertiary/aromatic N) is 8. The lowest BCUT2D eigenvalue weighted by Gasteiger charge is -2.29. The van der Waals surface area contributed by atoms with Gasteiger partial charge in [-0.2, -0.15) is 25.1 Å². The van der Waals surface area contributed by atoms with Gasteiger partial charge in [0.2, 0.25) is 11.9 Å². The number of benzene rings is 2. The summed E-state index contributed by atoms with van der Waals surface area (Å²) in [5.74, 6) is -1.92. The Hall–Kier alpha value is -7.08. The summed E-state index contributed by atoms with van der Waals surface area (Å²) in [5.41, 5.74) is 16.1. The molecule has 0 saturated carbocycles. The van der Waals surface area contributed by atoms with Gasteiger partial charge in [0.25, 0.3) is 0 Å². The number of hydrogen-bond acceptors (Lipinski definition) is 15. The normalized spacial score (nSPS) is 13.6. The summed E-state index contributed by atoms with van der Waals surface area (Å²) in [5, 5.41) is 9.76. The first kappa shape index (κ1) is 35.3. The highest BCUT2D eigenvalue weighted by Gasteiger charge is 2.43. The van der Waals surface area contributed by atoms with Crippen LogP contribution < -0.4 is 22.3 Å². The van der Waals surface area contributed by atoms with E-state index in [0.29, 0.717) is 27.5 Å². The molecule has 0 spiro atoms. The molecule has 0 aliphatic carbocycles. The molecule has 6 N–H and O–H groups in total. The van der Waals surface area contributed by atoms with Gasteiger partial charge in [0.1, 0.15) is 11.8 Å². The Morgan fingerprint density at radius 2 is 1.41 bits per heavy atom. The molecule has 0 radical (unpaired) electrons. The number of anilines is 3. The summed E-state index contributed by atoms with van der Waals surface area (Å²) >= 11 is 6.31. The standard InChI is InChI=1S/C35H31ClN12O6/c1-34(30(50)52-3,48-28-23(17-40-48)26(42-33(38)44-28)45-46-29(49)24-10-7-15-53-24)21-13-11-19(12-14-21)18-54-31(51)35(2,20-8-5-4-6-9-20)47-27-22(16-39-47)25(36)41-32(37)43-27/h4-17H,18H2,1-3H3,(H,46,49)(H2,37,41,43)(H3,38,42,44,45). The number of furan rings is 1. The maximum Gasteiger partial charge on any atom is 0.338 e. The Kier molecular flexibility index (Phi) is 9.03. The quantitative estimate of drug-likeness (QED) is 0.0838. The molecule has 2 atom stereocenters. The molecule has 5 aromatic heterocycles. The highest BCUT2D eigenvalue weighted by Crippen LogP contribution is 2.34. The van der Waals surface area contributed by atoms with Crippen molar-refractivity contribution < 1.29 is 28.3 Å². The largest absolute Gasteiger partial charge is 0.467 e. The van der Waals surface area contributed by atoms with E-state index in [0.717, 1.165) is 0 Å². The average Bonchev–Trinajstić information content (AvgIpc) is 3.97. The molecule has 0 saturated heterocycles. The van der Waals surface area contributed by atoms with Crippen LogP contribution in [-0.2, 0) is 36.7 Å². The molecule has 19 heteroatoms. The van der Waals surface area contributed by atoms with Gasteiger partial charge in [0.15, 0.2) is 34.0 Å². The summed E-state index contributed by atoms with van der Waals surface area (Å²) in [4.78, 5) is 56.9. The van der Waals surface area contributed by atoms with E-state index >= 15 is 0 Å². The van der Waals surface area contributed by atoms with Gasteiger partial charge < -0.3 is 25.4 Å². The molecule has 7 aromatic rings. The van der Waals surface area contributed by atoms with Crippen molar-refractivity contribution in [1.29, 1.82) is 0 Å². The monoisotopic (exact) mass is 750 g/mol. The number of esters is 2. The molecular formula is C35H31ClN12O6. The maximum atomic E-state index is 14.1. The van der Waals surface area contributed by atoms with Crippen molar-refractivity contribution in [3.63, 3.8) is 0 Å². The lowest BCUT2D eigenvalue weighted by molar-refractivity contribution is -0.153. The van der Waals surface area contributed by atoms with Gasteiger partial charge in [0, 0.05) is 0 Å². The number of hydrazine groups is 1. The number of fused-ring (bicyclic) bond motifs is 2. The summed E-state index contributed by atoms with van der Waals surface area (Å²) in [6, 6.07) is 18.8. The molecule has 5 heterocycles. The molecule has 1 amide bonds. The van der Waals surface area contributed by atoms with Crippen molar-refractivity contribution >= 4 is 69.2 Å². The van der Waals surface area contributed by atoms with Crippen LogP contribution in [0.25, 0.3) is 22.1 Å². The predicted octanol–water partition coefficient (Wildman–Crippen LogP) is 3.58. The van der Waals surface area contributed by atoms with Crippen LogP contribution in [0.2, 0.25) is 5.15 Å². The molecule has 18 nitrogen and oxygen atoms in total. The second-order valence-corrected chi connectivity index (χ2v) is 12.6. The van der Waals surface area contributed by atoms with Crippen LogP contribution >= 0.6 is 11.6 Å². The number of ether oxygens (including phenoxy) is 2. The number of nitrogen functional groups attached to an aromatic ring is 2. The second-order valence-electron chi connectivity index (χ2n) is 12.2. The van der Waals surface area contributed by atoms with Gasteiger partial charge in [-0.3, -0.25) is 15.6 Å². The smallest absolute Gasteiger partial charge is 0.338 e. The van der Waals surface area contributed by atoms with Gasteiger partial charge in [0.05, 0.1) is 36.5 Å². The Balaban J connectivity index is 1.17. The van der Waals surface area contributed by atoms with Crippen molar-refractivity contribution in [2.24, 2.45) is 0 Å². The number of aromatic nitrogens is 8. The molecule has 2 aromatic carbocycles. The molecule has 0 aliphatic rings. The number of carbonyl (C=O) groups excluding carboxylic acids is 3. The molecule has 54 heavy (non-hydrogen) atoms. The summed E-state index contributed by atoms with van der Waals surface area (Å²) in [6.45, 7) is 3.13. The fourth-order valence-corrected chi connectivity index (χ4v) is 6.20. The fraction of sp³-hybridized carbons (Fsp3) is 0.171. The average molecular weight is 751 g/mol. The summed E-state index contributed by atoms with van der Waals surface area (Å²) in [6.07, 6.45) is 4.25. The molecule has 2 unspecified atom stereocenters. The minimum absolute atomic E-state index is 0.0655. The third-order valence-corrected chi connectivity index (χ3v) is 9.22. The number of carbonyl (C=O) groups is 3. The predicted molar refractivity (Wildman–Crippen MR) is 194 cm³/mol. The van der Waals surface area contributed by atoms with E-state index in [2.05, 4.69) is 41.0 Å². The molecule has 0 fully saturated rings. The fourth-order valence-electron chi connectivity index (χ4n) is 5.98.